The van der Waals surface area contributed by atoms with Gasteiger partial charge in [-0.3, -0.25) is 4.79 Å². The van der Waals surface area contributed by atoms with E-state index in [4.69, 9.17) is 9.47 Å². The molecule has 0 saturated carbocycles. The lowest BCUT2D eigenvalue weighted by Gasteiger charge is -2.32. The SMILES string of the molecule is CCOC(CN1C(=O)CCc2ccc(F)cc21)OCC. The number of fused-ring (bicyclic) bond motifs is 1. The van der Waals surface area contributed by atoms with E-state index in [0.717, 1.165) is 5.56 Å². The number of amides is 1. The quantitative estimate of drug-likeness (QED) is 0.752. The van der Waals surface area contributed by atoms with Crippen LogP contribution in [0, 0.1) is 5.82 Å². The normalized spacial score (nSPS) is 14.8. The lowest BCUT2D eigenvalue weighted by molar-refractivity contribution is -0.136. The number of ether oxygens (including phenoxy) is 2. The molecule has 1 amide bonds. The van der Waals surface area contributed by atoms with Gasteiger partial charge in [0.1, 0.15) is 5.82 Å². The van der Waals surface area contributed by atoms with Gasteiger partial charge in [-0.05, 0) is 38.0 Å². The number of rotatable bonds is 6. The van der Waals surface area contributed by atoms with Crippen LogP contribution >= 0.6 is 0 Å². The standard InChI is InChI=1S/C15H20FNO3/c1-3-19-15(20-4-2)10-17-13-9-12(16)7-5-11(13)6-8-14(17)18/h5,7,9,15H,3-4,6,8,10H2,1-2H3. The minimum Gasteiger partial charge on any atom is -0.351 e. The smallest absolute Gasteiger partial charge is 0.227 e. The van der Waals surface area contributed by atoms with E-state index in [1.807, 2.05) is 13.8 Å². The van der Waals surface area contributed by atoms with Crippen molar-refractivity contribution in [3.8, 4) is 0 Å². The molecule has 0 N–H and O–H groups in total. The van der Waals surface area contributed by atoms with Crippen molar-refractivity contribution in [2.24, 2.45) is 0 Å². The van der Waals surface area contributed by atoms with Gasteiger partial charge in [0, 0.05) is 25.3 Å². The van der Waals surface area contributed by atoms with E-state index in [2.05, 4.69) is 0 Å². The molecule has 0 aliphatic carbocycles. The molecule has 1 aliphatic heterocycles. The Labute approximate surface area is 118 Å². The van der Waals surface area contributed by atoms with Crippen molar-refractivity contribution in [2.45, 2.75) is 33.0 Å². The summed E-state index contributed by atoms with van der Waals surface area (Å²) in [6, 6.07) is 4.57. The second-order valence-electron chi connectivity index (χ2n) is 4.62. The minimum atomic E-state index is -0.483. The summed E-state index contributed by atoms with van der Waals surface area (Å²) < 4.78 is 24.4. The summed E-state index contributed by atoms with van der Waals surface area (Å²) in [5, 5.41) is 0. The van der Waals surface area contributed by atoms with Crippen molar-refractivity contribution in [2.75, 3.05) is 24.7 Å². The van der Waals surface area contributed by atoms with Gasteiger partial charge in [0.2, 0.25) is 5.91 Å². The van der Waals surface area contributed by atoms with Gasteiger partial charge in [-0.15, -0.1) is 0 Å². The van der Waals surface area contributed by atoms with Gasteiger partial charge in [0.25, 0.3) is 0 Å². The Morgan fingerprint density at radius 1 is 1.25 bits per heavy atom. The molecule has 0 bridgehead atoms. The first-order chi connectivity index (χ1) is 9.65. The molecule has 1 aromatic carbocycles. The van der Waals surface area contributed by atoms with Crippen LogP contribution in [-0.4, -0.2) is 32.0 Å². The molecular formula is C15H20FNO3. The summed E-state index contributed by atoms with van der Waals surface area (Å²) >= 11 is 0. The molecule has 1 heterocycles. The van der Waals surface area contributed by atoms with Crippen LogP contribution in [0.2, 0.25) is 0 Å². The number of halogens is 1. The molecule has 4 nitrogen and oxygen atoms in total. The van der Waals surface area contributed by atoms with Crippen LogP contribution in [-0.2, 0) is 20.7 Å². The number of hydrogen-bond donors (Lipinski definition) is 0. The number of carbonyl (C=O) groups is 1. The molecule has 0 aromatic heterocycles. The summed E-state index contributed by atoms with van der Waals surface area (Å²) in [6.45, 7) is 5.04. The number of aryl methyl sites for hydroxylation is 1. The van der Waals surface area contributed by atoms with Crippen LogP contribution in [0.4, 0.5) is 10.1 Å². The van der Waals surface area contributed by atoms with Gasteiger partial charge in [0.05, 0.1) is 6.54 Å². The summed E-state index contributed by atoms with van der Waals surface area (Å²) in [4.78, 5) is 13.7. The fourth-order valence-corrected chi connectivity index (χ4v) is 2.39. The van der Waals surface area contributed by atoms with Gasteiger partial charge in [-0.25, -0.2) is 4.39 Å². The number of nitrogens with zero attached hydrogens (tertiary/aromatic N) is 1. The van der Waals surface area contributed by atoms with Gasteiger partial charge in [0.15, 0.2) is 6.29 Å². The minimum absolute atomic E-state index is 0.0208. The van der Waals surface area contributed by atoms with Crippen LogP contribution in [0.25, 0.3) is 0 Å². The van der Waals surface area contributed by atoms with E-state index >= 15 is 0 Å². The van der Waals surface area contributed by atoms with Gasteiger partial charge in [-0.1, -0.05) is 6.07 Å². The van der Waals surface area contributed by atoms with Crippen molar-refractivity contribution in [3.63, 3.8) is 0 Å². The summed E-state index contributed by atoms with van der Waals surface area (Å²) in [6.07, 6.45) is 0.603. The summed E-state index contributed by atoms with van der Waals surface area (Å²) in [5.41, 5.74) is 1.61. The Hall–Kier alpha value is -1.46. The largest absolute Gasteiger partial charge is 0.351 e. The van der Waals surface area contributed by atoms with Crippen LogP contribution in [0.15, 0.2) is 18.2 Å². The van der Waals surface area contributed by atoms with E-state index in [-0.39, 0.29) is 18.3 Å². The van der Waals surface area contributed by atoms with Crippen LogP contribution < -0.4 is 4.90 Å². The Morgan fingerprint density at radius 2 is 1.95 bits per heavy atom. The predicted molar refractivity (Wildman–Crippen MR) is 74.1 cm³/mol. The second-order valence-corrected chi connectivity index (χ2v) is 4.62. The number of hydrogen-bond acceptors (Lipinski definition) is 3. The fraction of sp³-hybridized carbons (Fsp3) is 0.533. The van der Waals surface area contributed by atoms with E-state index in [1.165, 1.54) is 12.1 Å². The van der Waals surface area contributed by atoms with Crippen molar-refractivity contribution in [3.05, 3.63) is 29.6 Å². The lowest BCUT2D eigenvalue weighted by atomic mass is 10.0. The van der Waals surface area contributed by atoms with Crippen molar-refractivity contribution < 1.29 is 18.7 Å². The zero-order chi connectivity index (χ0) is 14.5. The van der Waals surface area contributed by atoms with E-state index in [0.29, 0.717) is 31.7 Å². The first kappa shape index (κ1) is 14.9. The molecule has 110 valence electrons. The molecule has 0 saturated heterocycles. The lowest BCUT2D eigenvalue weighted by Crippen LogP contribution is -2.42. The number of anilines is 1. The molecule has 0 spiro atoms. The molecule has 2 rings (SSSR count). The van der Waals surface area contributed by atoms with Crippen LogP contribution in [0.5, 0.6) is 0 Å². The molecule has 1 aliphatic rings. The highest BCUT2D eigenvalue weighted by Crippen LogP contribution is 2.29. The summed E-state index contributed by atoms with van der Waals surface area (Å²) in [5.74, 6) is -0.361. The average molecular weight is 281 g/mol. The first-order valence-corrected chi connectivity index (χ1v) is 6.97. The van der Waals surface area contributed by atoms with Gasteiger partial charge >= 0.3 is 0 Å². The Balaban J connectivity index is 2.21. The molecule has 20 heavy (non-hydrogen) atoms. The van der Waals surface area contributed by atoms with Crippen LogP contribution in [0.1, 0.15) is 25.8 Å². The maximum absolute atomic E-state index is 13.4. The zero-order valence-corrected chi connectivity index (χ0v) is 11.9. The molecule has 0 atom stereocenters. The Bertz CT molecular complexity index is 472. The molecular weight excluding hydrogens is 261 g/mol. The third-order valence-corrected chi connectivity index (χ3v) is 3.28. The molecule has 5 heteroatoms. The second kappa shape index (κ2) is 6.81. The van der Waals surface area contributed by atoms with Crippen LogP contribution in [0.3, 0.4) is 0 Å². The fourth-order valence-electron chi connectivity index (χ4n) is 2.39. The number of benzene rings is 1. The number of carbonyl (C=O) groups excluding carboxylic acids is 1. The molecule has 1 aromatic rings. The molecule has 0 radical (unpaired) electrons. The highest BCUT2D eigenvalue weighted by molar-refractivity contribution is 5.96. The maximum atomic E-state index is 13.4. The third kappa shape index (κ3) is 3.35. The van der Waals surface area contributed by atoms with E-state index in [9.17, 15) is 9.18 Å². The first-order valence-electron chi connectivity index (χ1n) is 6.97. The van der Waals surface area contributed by atoms with Crippen molar-refractivity contribution >= 4 is 11.6 Å². The zero-order valence-electron chi connectivity index (χ0n) is 11.9. The molecule has 0 fully saturated rings. The van der Waals surface area contributed by atoms with Gasteiger partial charge in [-0.2, -0.15) is 0 Å². The highest BCUT2D eigenvalue weighted by Gasteiger charge is 2.27. The predicted octanol–water partition coefficient (Wildman–Crippen LogP) is 2.50. The highest BCUT2D eigenvalue weighted by atomic mass is 19.1. The third-order valence-electron chi connectivity index (χ3n) is 3.28. The molecule has 0 unspecified atom stereocenters. The van der Waals surface area contributed by atoms with E-state index in [1.54, 1.807) is 11.0 Å². The summed E-state index contributed by atoms with van der Waals surface area (Å²) in [7, 11) is 0. The Morgan fingerprint density at radius 3 is 2.60 bits per heavy atom. The van der Waals surface area contributed by atoms with E-state index < -0.39 is 6.29 Å². The monoisotopic (exact) mass is 281 g/mol. The Kier molecular flexibility index (Phi) is 5.09. The average Bonchev–Trinajstić information content (AvgIpc) is 2.42. The van der Waals surface area contributed by atoms with Crippen molar-refractivity contribution in [1.29, 1.82) is 0 Å². The van der Waals surface area contributed by atoms with Crippen molar-refractivity contribution in [1.82, 2.24) is 0 Å². The topological polar surface area (TPSA) is 38.8 Å². The maximum Gasteiger partial charge on any atom is 0.227 e. The van der Waals surface area contributed by atoms with Gasteiger partial charge < -0.3 is 14.4 Å².